The molecule has 8 nitrogen and oxygen atoms in total. The molecule has 4 rings (SSSR count). The first kappa shape index (κ1) is 23.0. The van der Waals surface area contributed by atoms with Crippen LogP contribution >= 0.6 is 11.6 Å². The maximum atomic E-state index is 13.0. The Kier molecular flexibility index (Phi) is 6.34. The van der Waals surface area contributed by atoms with Crippen molar-refractivity contribution in [3.63, 3.8) is 0 Å². The van der Waals surface area contributed by atoms with Gasteiger partial charge in [-0.05, 0) is 48.0 Å². The maximum Gasteiger partial charge on any atom is 0.261 e. The Labute approximate surface area is 200 Å². The van der Waals surface area contributed by atoms with Gasteiger partial charge < -0.3 is 15.4 Å². The van der Waals surface area contributed by atoms with Crippen LogP contribution in [0.15, 0.2) is 60.7 Å². The number of anilines is 2. The van der Waals surface area contributed by atoms with E-state index in [1.54, 1.807) is 54.6 Å². The second-order valence-corrected chi connectivity index (χ2v) is 8.01. The molecule has 9 heteroatoms. The molecular formula is C25H20ClN3O5. The predicted molar refractivity (Wildman–Crippen MR) is 127 cm³/mol. The Balaban J connectivity index is 1.56. The summed E-state index contributed by atoms with van der Waals surface area (Å²) in [6.07, 6.45) is 0. The van der Waals surface area contributed by atoms with Gasteiger partial charge in [-0.1, -0.05) is 29.8 Å². The van der Waals surface area contributed by atoms with Gasteiger partial charge in [0.2, 0.25) is 5.91 Å². The summed E-state index contributed by atoms with van der Waals surface area (Å²) in [5.74, 6) is -1.18. The van der Waals surface area contributed by atoms with Gasteiger partial charge in [-0.3, -0.25) is 24.1 Å². The molecular weight excluding hydrogens is 458 g/mol. The molecule has 0 aliphatic carbocycles. The quantitative estimate of drug-likeness (QED) is 0.513. The van der Waals surface area contributed by atoms with Crippen molar-refractivity contribution >= 4 is 46.6 Å². The minimum Gasteiger partial charge on any atom is -0.496 e. The van der Waals surface area contributed by atoms with E-state index in [0.717, 1.165) is 4.90 Å². The average molecular weight is 478 g/mol. The van der Waals surface area contributed by atoms with Crippen LogP contribution < -0.4 is 15.4 Å². The maximum absolute atomic E-state index is 13.0. The van der Waals surface area contributed by atoms with E-state index < -0.39 is 5.91 Å². The smallest absolute Gasteiger partial charge is 0.261 e. The van der Waals surface area contributed by atoms with E-state index >= 15 is 0 Å². The van der Waals surface area contributed by atoms with Crippen LogP contribution in [0.3, 0.4) is 0 Å². The third kappa shape index (κ3) is 4.49. The fourth-order valence-corrected chi connectivity index (χ4v) is 3.91. The van der Waals surface area contributed by atoms with Gasteiger partial charge in [-0.2, -0.15) is 0 Å². The van der Waals surface area contributed by atoms with E-state index in [4.69, 9.17) is 16.3 Å². The second kappa shape index (κ2) is 9.36. The summed E-state index contributed by atoms with van der Waals surface area (Å²) in [6, 6.07) is 16.2. The molecule has 0 unspecified atom stereocenters. The Morgan fingerprint density at radius 3 is 2.21 bits per heavy atom. The van der Waals surface area contributed by atoms with Crippen molar-refractivity contribution < 1.29 is 23.9 Å². The van der Waals surface area contributed by atoms with Crippen LogP contribution in [-0.4, -0.2) is 35.6 Å². The minimum atomic E-state index is -0.491. The SMILES string of the molecule is COc1ccc(CN2C(=O)c3ccccc3C2=O)cc1C(=O)Nc1ccc(NC(C)=O)cc1Cl. The summed E-state index contributed by atoms with van der Waals surface area (Å²) in [7, 11) is 1.44. The molecule has 3 aromatic carbocycles. The molecule has 3 aromatic rings. The van der Waals surface area contributed by atoms with Crippen molar-refractivity contribution in [2.24, 2.45) is 0 Å². The van der Waals surface area contributed by atoms with E-state index in [2.05, 4.69) is 10.6 Å². The molecule has 1 aliphatic rings. The summed E-state index contributed by atoms with van der Waals surface area (Å²) in [5, 5.41) is 5.58. The molecule has 172 valence electrons. The lowest BCUT2D eigenvalue weighted by Crippen LogP contribution is -2.29. The first-order valence-electron chi connectivity index (χ1n) is 10.3. The molecule has 0 saturated carbocycles. The zero-order chi connectivity index (χ0) is 24.4. The lowest BCUT2D eigenvalue weighted by atomic mass is 10.1. The number of benzene rings is 3. The number of nitrogens with zero attached hydrogens (tertiary/aromatic N) is 1. The second-order valence-electron chi connectivity index (χ2n) is 7.61. The molecule has 0 radical (unpaired) electrons. The standard InChI is InChI=1S/C25H20ClN3O5/c1-14(30)27-16-8-9-21(20(26)12-16)28-23(31)19-11-15(7-10-22(19)34-2)13-29-24(32)17-5-3-4-6-18(17)25(29)33/h3-12H,13H2,1-2H3,(H,27,30)(H,28,31). The van der Waals surface area contributed by atoms with Gasteiger partial charge in [0.25, 0.3) is 17.7 Å². The number of hydrogen-bond acceptors (Lipinski definition) is 5. The number of carbonyl (C=O) groups is 4. The van der Waals surface area contributed by atoms with Gasteiger partial charge in [-0.15, -0.1) is 0 Å². The van der Waals surface area contributed by atoms with E-state index in [9.17, 15) is 19.2 Å². The number of fused-ring (bicyclic) bond motifs is 1. The number of amides is 4. The van der Waals surface area contributed by atoms with Gasteiger partial charge in [0.15, 0.2) is 0 Å². The lowest BCUT2D eigenvalue weighted by molar-refractivity contribution is -0.114. The van der Waals surface area contributed by atoms with Gasteiger partial charge in [0.05, 0.1) is 41.1 Å². The van der Waals surface area contributed by atoms with Crippen molar-refractivity contribution in [1.29, 1.82) is 0 Å². The number of rotatable bonds is 6. The number of ether oxygens (including phenoxy) is 1. The van der Waals surface area contributed by atoms with Crippen LogP contribution in [0.5, 0.6) is 5.75 Å². The number of imide groups is 1. The lowest BCUT2D eigenvalue weighted by Gasteiger charge is -2.16. The molecule has 0 bridgehead atoms. The van der Waals surface area contributed by atoms with Crippen molar-refractivity contribution in [2.45, 2.75) is 13.5 Å². The third-order valence-electron chi connectivity index (χ3n) is 5.27. The average Bonchev–Trinajstić information content (AvgIpc) is 3.05. The van der Waals surface area contributed by atoms with Crippen LogP contribution in [-0.2, 0) is 11.3 Å². The third-order valence-corrected chi connectivity index (χ3v) is 5.58. The molecule has 0 atom stereocenters. The molecule has 34 heavy (non-hydrogen) atoms. The highest BCUT2D eigenvalue weighted by atomic mass is 35.5. The fraction of sp³-hybridized carbons (Fsp3) is 0.120. The van der Waals surface area contributed by atoms with E-state index in [1.165, 1.54) is 20.1 Å². The minimum absolute atomic E-state index is 0.00277. The number of carbonyl (C=O) groups excluding carboxylic acids is 4. The van der Waals surface area contributed by atoms with Crippen LogP contribution in [0.1, 0.15) is 43.6 Å². The molecule has 0 fully saturated rings. The summed E-state index contributed by atoms with van der Waals surface area (Å²) < 4.78 is 5.33. The summed E-state index contributed by atoms with van der Waals surface area (Å²) >= 11 is 6.26. The molecule has 2 N–H and O–H groups in total. The zero-order valence-corrected chi connectivity index (χ0v) is 19.1. The number of methoxy groups -OCH3 is 1. The van der Waals surface area contributed by atoms with Crippen LogP contribution in [0.4, 0.5) is 11.4 Å². The Morgan fingerprint density at radius 1 is 0.941 bits per heavy atom. The highest BCUT2D eigenvalue weighted by molar-refractivity contribution is 6.34. The van der Waals surface area contributed by atoms with Crippen molar-refractivity contribution in [3.05, 3.63) is 87.9 Å². The Bertz CT molecular complexity index is 1300. The highest BCUT2D eigenvalue weighted by Crippen LogP contribution is 2.29. The van der Waals surface area contributed by atoms with Gasteiger partial charge >= 0.3 is 0 Å². The first-order chi connectivity index (χ1) is 16.3. The topological polar surface area (TPSA) is 105 Å². The highest BCUT2D eigenvalue weighted by Gasteiger charge is 2.35. The predicted octanol–water partition coefficient (Wildman–Crippen LogP) is 4.36. The van der Waals surface area contributed by atoms with E-state index in [0.29, 0.717) is 33.8 Å². The normalized spacial score (nSPS) is 12.4. The van der Waals surface area contributed by atoms with Crippen molar-refractivity contribution in [2.75, 3.05) is 17.7 Å². The van der Waals surface area contributed by atoms with E-state index in [1.807, 2.05) is 0 Å². The van der Waals surface area contributed by atoms with Crippen LogP contribution in [0.25, 0.3) is 0 Å². The largest absolute Gasteiger partial charge is 0.496 e. The first-order valence-corrected chi connectivity index (χ1v) is 10.7. The van der Waals surface area contributed by atoms with E-state index in [-0.39, 0.29) is 34.9 Å². The van der Waals surface area contributed by atoms with Crippen molar-refractivity contribution in [1.82, 2.24) is 4.90 Å². The summed E-state index contributed by atoms with van der Waals surface area (Å²) in [6.45, 7) is 1.38. The molecule has 0 saturated heterocycles. The summed E-state index contributed by atoms with van der Waals surface area (Å²) in [5.41, 5.74) is 2.34. The summed E-state index contributed by atoms with van der Waals surface area (Å²) in [4.78, 5) is 50.8. The number of halogens is 1. The monoisotopic (exact) mass is 477 g/mol. The Hall–Kier alpha value is -4.17. The zero-order valence-electron chi connectivity index (χ0n) is 18.3. The number of nitrogens with one attached hydrogen (secondary N) is 2. The Morgan fingerprint density at radius 2 is 1.62 bits per heavy atom. The molecule has 0 aromatic heterocycles. The molecule has 0 spiro atoms. The van der Waals surface area contributed by atoms with Gasteiger partial charge in [0.1, 0.15) is 5.75 Å². The van der Waals surface area contributed by atoms with Crippen LogP contribution in [0, 0.1) is 0 Å². The van der Waals surface area contributed by atoms with Gasteiger partial charge in [0, 0.05) is 12.6 Å². The van der Waals surface area contributed by atoms with Crippen LogP contribution in [0.2, 0.25) is 5.02 Å². The molecule has 1 aliphatic heterocycles. The van der Waals surface area contributed by atoms with Crippen molar-refractivity contribution in [3.8, 4) is 5.75 Å². The van der Waals surface area contributed by atoms with Gasteiger partial charge in [-0.25, -0.2) is 0 Å². The fourth-order valence-electron chi connectivity index (χ4n) is 3.68. The number of hydrogen-bond donors (Lipinski definition) is 2. The molecule has 4 amide bonds. The molecule has 1 heterocycles.